The highest BCUT2D eigenvalue weighted by atomic mass is 16.1. The van der Waals surface area contributed by atoms with Crippen molar-refractivity contribution in [2.45, 2.75) is 18.9 Å². The van der Waals surface area contributed by atoms with Crippen molar-refractivity contribution in [2.75, 3.05) is 11.4 Å². The minimum absolute atomic E-state index is 0.280. The van der Waals surface area contributed by atoms with Crippen LogP contribution in [0.15, 0.2) is 24.3 Å². The molecule has 2 rings (SSSR count). The van der Waals surface area contributed by atoms with Gasteiger partial charge in [-0.3, -0.25) is 9.59 Å². The van der Waals surface area contributed by atoms with E-state index in [0.29, 0.717) is 5.56 Å². The van der Waals surface area contributed by atoms with Gasteiger partial charge in [-0.25, -0.2) is 0 Å². The SMILES string of the molecule is NC(=O)c1cccc(N2CCCC2C(N)=O)c1. The molecule has 0 radical (unpaired) electrons. The number of hydrogen-bond acceptors (Lipinski definition) is 3. The Hall–Kier alpha value is -2.04. The van der Waals surface area contributed by atoms with Gasteiger partial charge in [0.05, 0.1) is 0 Å². The molecule has 1 unspecified atom stereocenters. The zero-order valence-electron chi connectivity index (χ0n) is 9.43. The molecule has 1 atom stereocenters. The van der Waals surface area contributed by atoms with Gasteiger partial charge in [-0.05, 0) is 31.0 Å². The lowest BCUT2D eigenvalue weighted by molar-refractivity contribution is -0.119. The van der Waals surface area contributed by atoms with Gasteiger partial charge in [0.2, 0.25) is 11.8 Å². The molecular weight excluding hydrogens is 218 g/mol. The van der Waals surface area contributed by atoms with E-state index in [1.54, 1.807) is 18.2 Å². The molecular formula is C12H15N3O2. The van der Waals surface area contributed by atoms with E-state index in [-0.39, 0.29) is 11.9 Å². The van der Waals surface area contributed by atoms with Gasteiger partial charge < -0.3 is 16.4 Å². The second-order valence-electron chi connectivity index (χ2n) is 4.17. The fraction of sp³-hybridized carbons (Fsp3) is 0.333. The summed E-state index contributed by atoms with van der Waals surface area (Å²) in [6.07, 6.45) is 1.69. The van der Waals surface area contributed by atoms with Gasteiger partial charge >= 0.3 is 0 Å². The quantitative estimate of drug-likeness (QED) is 0.783. The molecule has 1 aromatic carbocycles. The minimum Gasteiger partial charge on any atom is -0.368 e. The third-order valence-corrected chi connectivity index (χ3v) is 3.04. The molecule has 5 heteroatoms. The number of amides is 2. The number of hydrogen-bond donors (Lipinski definition) is 2. The van der Waals surface area contributed by atoms with Crippen LogP contribution in [0.25, 0.3) is 0 Å². The molecule has 1 aliphatic rings. The average Bonchev–Trinajstić information content (AvgIpc) is 2.78. The predicted octanol–water partition coefficient (Wildman–Crippen LogP) is 0.240. The summed E-state index contributed by atoms with van der Waals surface area (Å²) in [6, 6.07) is 6.68. The predicted molar refractivity (Wildman–Crippen MR) is 64.5 cm³/mol. The molecule has 1 aliphatic heterocycles. The highest BCUT2D eigenvalue weighted by molar-refractivity contribution is 5.94. The molecule has 0 saturated carbocycles. The summed E-state index contributed by atoms with van der Waals surface area (Å²) in [4.78, 5) is 24.3. The number of benzene rings is 1. The molecule has 0 aromatic heterocycles. The maximum atomic E-state index is 11.3. The Bertz CT molecular complexity index is 459. The molecule has 5 nitrogen and oxygen atoms in total. The highest BCUT2D eigenvalue weighted by Gasteiger charge is 2.29. The van der Waals surface area contributed by atoms with E-state index in [0.717, 1.165) is 25.1 Å². The number of anilines is 1. The molecule has 0 bridgehead atoms. The van der Waals surface area contributed by atoms with Crippen molar-refractivity contribution < 1.29 is 9.59 Å². The molecule has 1 fully saturated rings. The zero-order valence-corrected chi connectivity index (χ0v) is 9.43. The lowest BCUT2D eigenvalue weighted by Crippen LogP contribution is -2.40. The first-order chi connectivity index (χ1) is 8.09. The number of carbonyl (C=O) groups is 2. The average molecular weight is 233 g/mol. The Morgan fingerprint density at radius 3 is 2.71 bits per heavy atom. The van der Waals surface area contributed by atoms with E-state index in [4.69, 9.17) is 11.5 Å². The summed E-state index contributed by atoms with van der Waals surface area (Å²) >= 11 is 0. The fourth-order valence-corrected chi connectivity index (χ4v) is 2.21. The lowest BCUT2D eigenvalue weighted by atomic mass is 10.1. The van der Waals surface area contributed by atoms with Gasteiger partial charge in [-0.15, -0.1) is 0 Å². The Morgan fingerprint density at radius 1 is 1.29 bits per heavy atom. The monoisotopic (exact) mass is 233 g/mol. The van der Waals surface area contributed by atoms with E-state index in [1.165, 1.54) is 0 Å². The summed E-state index contributed by atoms with van der Waals surface area (Å²) in [6.45, 7) is 0.774. The molecule has 2 amide bonds. The first-order valence-corrected chi connectivity index (χ1v) is 5.55. The van der Waals surface area contributed by atoms with Crippen LogP contribution in [0.2, 0.25) is 0 Å². The Labute approximate surface area is 99.4 Å². The van der Waals surface area contributed by atoms with Crippen molar-refractivity contribution >= 4 is 17.5 Å². The van der Waals surface area contributed by atoms with Crippen molar-refractivity contribution in [3.05, 3.63) is 29.8 Å². The summed E-state index contributed by atoms with van der Waals surface area (Å²) < 4.78 is 0. The van der Waals surface area contributed by atoms with E-state index in [2.05, 4.69) is 0 Å². The summed E-state index contributed by atoms with van der Waals surface area (Å²) in [5, 5.41) is 0. The number of carbonyl (C=O) groups excluding carboxylic acids is 2. The van der Waals surface area contributed by atoms with Crippen molar-refractivity contribution in [3.63, 3.8) is 0 Å². The second-order valence-corrected chi connectivity index (χ2v) is 4.17. The van der Waals surface area contributed by atoms with Crippen LogP contribution in [0.3, 0.4) is 0 Å². The smallest absolute Gasteiger partial charge is 0.248 e. The van der Waals surface area contributed by atoms with Crippen LogP contribution >= 0.6 is 0 Å². The van der Waals surface area contributed by atoms with E-state index in [9.17, 15) is 9.59 Å². The Kier molecular flexibility index (Phi) is 2.99. The maximum absolute atomic E-state index is 11.3. The third-order valence-electron chi connectivity index (χ3n) is 3.04. The van der Waals surface area contributed by atoms with Gasteiger partial charge in [0.25, 0.3) is 0 Å². The number of nitrogens with two attached hydrogens (primary N) is 2. The molecule has 1 aromatic rings. The van der Waals surface area contributed by atoms with Gasteiger partial charge in [0.1, 0.15) is 6.04 Å². The van der Waals surface area contributed by atoms with Crippen LogP contribution in [-0.2, 0) is 4.79 Å². The Balaban J connectivity index is 2.30. The summed E-state index contributed by atoms with van der Waals surface area (Å²) in [7, 11) is 0. The molecule has 1 heterocycles. The van der Waals surface area contributed by atoms with Crippen LogP contribution < -0.4 is 16.4 Å². The van der Waals surface area contributed by atoms with Gasteiger partial charge in [-0.1, -0.05) is 6.07 Å². The first-order valence-electron chi connectivity index (χ1n) is 5.55. The van der Waals surface area contributed by atoms with Gasteiger partial charge in [0, 0.05) is 17.8 Å². The standard InChI is InChI=1S/C12H15N3O2/c13-11(16)8-3-1-4-9(7-8)15-6-2-5-10(15)12(14)17/h1,3-4,7,10H,2,5-6H2,(H2,13,16)(H2,14,17). The Morgan fingerprint density at radius 2 is 2.06 bits per heavy atom. The molecule has 0 spiro atoms. The second kappa shape index (κ2) is 4.45. The van der Waals surface area contributed by atoms with Crippen LogP contribution in [-0.4, -0.2) is 24.4 Å². The van der Waals surface area contributed by atoms with Crippen LogP contribution in [0, 0.1) is 0 Å². The number of nitrogens with zero attached hydrogens (tertiary/aromatic N) is 1. The summed E-state index contributed by atoms with van der Waals surface area (Å²) in [5.74, 6) is -0.798. The van der Waals surface area contributed by atoms with Crippen LogP contribution in [0.1, 0.15) is 23.2 Å². The van der Waals surface area contributed by atoms with Gasteiger partial charge in [-0.2, -0.15) is 0 Å². The molecule has 17 heavy (non-hydrogen) atoms. The summed E-state index contributed by atoms with van der Waals surface area (Å²) in [5.41, 5.74) is 11.8. The van der Waals surface area contributed by atoms with E-state index in [1.807, 2.05) is 11.0 Å². The van der Waals surface area contributed by atoms with Crippen molar-refractivity contribution in [2.24, 2.45) is 11.5 Å². The van der Waals surface area contributed by atoms with Crippen molar-refractivity contribution in [3.8, 4) is 0 Å². The molecule has 4 N–H and O–H groups in total. The molecule has 1 saturated heterocycles. The fourth-order valence-electron chi connectivity index (χ4n) is 2.21. The first kappa shape index (κ1) is 11.4. The van der Waals surface area contributed by atoms with Gasteiger partial charge in [0.15, 0.2) is 0 Å². The molecule has 0 aliphatic carbocycles. The molecule has 90 valence electrons. The third kappa shape index (κ3) is 2.22. The zero-order chi connectivity index (χ0) is 12.4. The lowest BCUT2D eigenvalue weighted by Gasteiger charge is -2.24. The highest BCUT2D eigenvalue weighted by Crippen LogP contribution is 2.25. The largest absolute Gasteiger partial charge is 0.368 e. The van der Waals surface area contributed by atoms with Crippen LogP contribution in [0.5, 0.6) is 0 Å². The van der Waals surface area contributed by atoms with Crippen LogP contribution in [0.4, 0.5) is 5.69 Å². The maximum Gasteiger partial charge on any atom is 0.248 e. The number of rotatable bonds is 3. The number of primary amides is 2. The normalized spacial score (nSPS) is 19.3. The van der Waals surface area contributed by atoms with Crippen molar-refractivity contribution in [1.29, 1.82) is 0 Å². The minimum atomic E-state index is -0.471. The topological polar surface area (TPSA) is 89.4 Å². The van der Waals surface area contributed by atoms with E-state index >= 15 is 0 Å². The van der Waals surface area contributed by atoms with Crippen molar-refractivity contribution in [1.82, 2.24) is 0 Å². The van der Waals surface area contributed by atoms with E-state index < -0.39 is 5.91 Å².